The smallest absolute Gasteiger partial charge is 0.280 e. The second-order valence-electron chi connectivity index (χ2n) is 5.30. The van der Waals surface area contributed by atoms with E-state index in [1.54, 1.807) is 11.8 Å². The molecule has 0 spiro atoms. The van der Waals surface area contributed by atoms with Crippen molar-refractivity contribution in [2.45, 2.75) is 11.4 Å². The fraction of sp³-hybridized carbons (Fsp3) is 0.118. The molecule has 0 saturated carbocycles. The van der Waals surface area contributed by atoms with Crippen molar-refractivity contribution in [3.63, 3.8) is 0 Å². The Hall–Kier alpha value is -2.32. The number of hydrogen-bond donors (Lipinski definition) is 2. The maximum absolute atomic E-state index is 12.4. The van der Waals surface area contributed by atoms with Gasteiger partial charge in [0.25, 0.3) is 5.91 Å². The summed E-state index contributed by atoms with van der Waals surface area (Å²) in [7, 11) is 0. The Kier molecular flexibility index (Phi) is 5.40. The molecule has 0 bridgehead atoms. The monoisotopic (exact) mass is 417 g/mol. The summed E-state index contributed by atoms with van der Waals surface area (Å²) in [5.74, 6) is -0.144. The number of nitrogens with zero attached hydrogens (tertiary/aromatic N) is 3. The third-order valence-electron chi connectivity index (χ3n) is 3.54. The molecule has 0 unspecified atom stereocenters. The first-order valence-corrected chi connectivity index (χ1v) is 9.47. The topological polar surface area (TPSA) is 85.8 Å². The zero-order valence-corrected chi connectivity index (χ0v) is 15.8. The highest BCUT2D eigenvalue weighted by atomic mass is 79.9. The number of anilines is 2. The number of hydrogen-bond acceptors (Lipinski definition) is 5. The van der Waals surface area contributed by atoms with Crippen LogP contribution in [-0.2, 0) is 6.54 Å². The summed E-state index contributed by atoms with van der Waals surface area (Å²) in [6.45, 7) is 0.438. The highest BCUT2D eigenvalue weighted by Crippen LogP contribution is 2.20. The molecule has 0 aliphatic heterocycles. The minimum absolute atomic E-state index is 0.115. The van der Waals surface area contributed by atoms with Gasteiger partial charge in [-0.05, 0) is 42.2 Å². The van der Waals surface area contributed by atoms with Gasteiger partial charge in [-0.2, -0.15) is 0 Å². The molecule has 1 heterocycles. The van der Waals surface area contributed by atoms with Gasteiger partial charge in [-0.3, -0.25) is 4.79 Å². The van der Waals surface area contributed by atoms with Crippen LogP contribution in [0.3, 0.4) is 0 Å². The van der Waals surface area contributed by atoms with Crippen molar-refractivity contribution in [3.8, 4) is 0 Å². The number of halogens is 1. The summed E-state index contributed by atoms with van der Waals surface area (Å²) in [5, 5.41) is 10.7. The predicted octanol–water partition coefficient (Wildman–Crippen LogP) is 3.65. The molecule has 0 aliphatic rings. The third-order valence-corrected chi connectivity index (χ3v) is 4.76. The Morgan fingerprint density at radius 2 is 2.08 bits per heavy atom. The molecule has 3 rings (SSSR count). The molecule has 3 aromatic rings. The molecule has 1 amide bonds. The van der Waals surface area contributed by atoms with E-state index in [0.29, 0.717) is 12.2 Å². The van der Waals surface area contributed by atoms with E-state index < -0.39 is 0 Å². The minimum Gasteiger partial charge on any atom is -0.382 e. The Labute approximate surface area is 157 Å². The molecule has 6 nitrogen and oxygen atoms in total. The molecule has 0 radical (unpaired) electrons. The van der Waals surface area contributed by atoms with Crippen LogP contribution >= 0.6 is 27.7 Å². The molecule has 1 aromatic heterocycles. The number of rotatable bonds is 5. The Morgan fingerprint density at radius 1 is 1.28 bits per heavy atom. The van der Waals surface area contributed by atoms with Gasteiger partial charge in [0.2, 0.25) is 0 Å². The van der Waals surface area contributed by atoms with Gasteiger partial charge in [0.05, 0.1) is 6.54 Å². The summed E-state index contributed by atoms with van der Waals surface area (Å²) >= 11 is 5.03. The van der Waals surface area contributed by atoms with Crippen LogP contribution in [-0.4, -0.2) is 27.2 Å². The van der Waals surface area contributed by atoms with Crippen molar-refractivity contribution in [3.05, 3.63) is 64.3 Å². The number of amides is 1. The van der Waals surface area contributed by atoms with Crippen molar-refractivity contribution in [2.75, 3.05) is 17.3 Å². The van der Waals surface area contributed by atoms with E-state index in [0.717, 1.165) is 14.9 Å². The van der Waals surface area contributed by atoms with Crippen molar-refractivity contribution >= 4 is 45.1 Å². The van der Waals surface area contributed by atoms with Crippen molar-refractivity contribution < 1.29 is 4.79 Å². The van der Waals surface area contributed by atoms with Gasteiger partial charge in [0.1, 0.15) is 0 Å². The van der Waals surface area contributed by atoms with E-state index in [4.69, 9.17) is 5.73 Å². The molecule has 3 N–H and O–H groups in total. The molecule has 8 heteroatoms. The van der Waals surface area contributed by atoms with Crippen molar-refractivity contribution in [1.82, 2.24) is 15.0 Å². The van der Waals surface area contributed by atoms with E-state index in [1.807, 2.05) is 54.8 Å². The normalized spacial score (nSPS) is 10.6. The molecule has 0 fully saturated rings. The molecule has 0 aliphatic carbocycles. The van der Waals surface area contributed by atoms with Gasteiger partial charge >= 0.3 is 0 Å². The van der Waals surface area contributed by atoms with Crippen LogP contribution in [0.5, 0.6) is 0 Å². The molecule has 25 heavy (non-hydrogen) atoms. The number of nitrogens with two attached hydrogens (primary N) is 1. The second kappa shape index (κ2) is 7.71. The summed E-state index contributed by atoms with van der Waals surface area (Å²) in [6.07, 6.45) is 1.98. The molecular weight excluding hydrogens is 402 g/mol. The van der Waals surface area contributed by atoms with Crippen molar-refractivity contribution in [2.24, 2.45) is 0 Å². The maximum Gasteiger partial charge on any atom is 0.280 e. The first kappa shape index (κ1) is 17.5. The highest BCUT2D eigenvalue weighted by molar-refractivity contribution is 9.10. The van der Waals surface area contributed by atoms with Gasteiger partial charge in [0.15, 0.2) is 11.5 Å². The van der Waals surface area contributed by atoms with E-state index in [9.17, 15) is 4.79 Å². The summed E-state index contributed by atoms with van der Waals surface area (Å²) < 4.78 is 2.48. The van der Waals surface area contributed by atoms with Crippen LogP contribution in [0.25, 0.3) is 0 Å². The number of carbonyl (C=O) groups is 1. The lowest BCUT2D eigenvalue weighted by Crippen LogP contribution is -2.15. The number of aromatic nitrogens is 3. The van der Waals surface area contributed by atoms with Crippen LogP contribution in [0.1, 0.15) is 16.1 Å². The highest BCUT2D eigenvalue weighted by Gasteiger charge is 2.18. The fourth-order valence-corrected chi connectivity index (χ4v) is 3.20. The van der Waals surface area contributed by atoms with Crippen LogP contribution in [0.2, 0.25) is 0 Å². The lowest BCUT2D eigenvalue weighted by atomic mass is 10.2. The van der Waals surface area contributed by atoms with E-state index in [-0.39, 0.29) is 17.4 Å². The maximum atomic E-state index is 12.4. The summed E-state index contributed by atoms with van der Waals surface area (Å²) in [4.78, 5) is 13.5. The zero-order valence-electron chi connectivity index (χ0n) is 13.4. The van der Waals surface area contributed by atoms with Gasteiger partial charge in [-0.1, -0.05) is 39.3 Å². The van der Waals surface area contributed by atoms with Crippen LogP contribution in [0, 0.1) is 0 Å². The van der Waals surface area contributed by atoms with Crippen LogP contribution in [0.4, 0.5) is 11.5 Å². The zero-order chi connectivity index (χ0) is 17.8. The lowest BCUT2D eigenvalue weighted by molar-refractivity contribution is 0.102. The Bertz CT molecular complexity index is 912. The van der Waals surface area contributed by atoms with Crippen molar-refractivity contribution in [1.29, 1.82) is 0 Å². The predicted molar refractivity (Wildman–Crippen MR) is 104 cm³/mol. The van der Waals surface area contributed by atoms with E-state index >= 15 is 0 Å². The largest absolute Gasteiger partial charge is 0.382 e. The minimum atomic E-state index is -0.378. The number of nitrogen functional groups attached to an aromatic ring is 1. The molecule has 2 aromatic carbocycles. The second-order valence-corrected chi connectivity index (χ2v) is 7.09. The molecule has 0 atom stereocenters. The van der Waals surface area contributed by atoms with Gasteiger partial charge < -0.3 is 11.1 Å². The van der Waals surface area contributed by atoms with Gasteiger partial charge in [-0.15, -0.1) is 16.9 Å². The molecule has 0 saturated heterocycles. The molecule has 128 valence electrons. The standard InChI is InChI=1S/C17H16BrN5OS/c1-25-14-7-3-6-13(9-14)20-17(24)15-16(19)23(22-21-15)10-11-4-2-5-12(18)8-11/h2-9H,10,19H2,1H3,(H,20,24). The number of thioether (sulfide) groups is 1. The number of nitrogens with one attached hydrogen (secondary N) is 1. The number of carbonyl (C=O) groups excluding carboxylic acids is 1. The van der Waals surface area contributed by atoms with Crippen LogP contribution < -0.4 is 11.1 Å². The summed E-state index contributed by atoms with van der Waals surface area (Å²) in [5.41, 5.74) is 7.87. The Balaban J connectivity index is 1.76. The van der Waals surface area contributed by atoms with Crippen LogP contribution in [0.15, 0.2) is 57.9 Å². The van der Waals surface area contributed by atoms with E-state index in [1.165, 1.54) is 4.68 Å². The van der Waals surface area contributed by atoms with Gasteiger partial charge in [-0.25, -0.2) is 4.68 Å². The van der Waals surface area contributed by atoms with Gasteiger partial charge in [0, 0.05) is 15.1 Å². The number of benzene rings is 2. The fourth-order valence-electron chi connectivity index (χ4n) is 2.30. The summed E-state index contributed by atoms with van der Waals surface area (Å²) in [6, 6.07) is 15.4. The SMILES string of the molecule is CSc1cccc(NC(=O)c2nnn(Cc3cccc(Br)c3)c2N)c1. The average molecular weight is 418 g/mol. The quantitative estimate of drug-likeness (QED) is 0.618. The first-order valence-electron chi connectivity index (χ1n) is 7.45. The Morgan fingerprint density at radius 3 is 2.84 bits per heavy atom. The molecular formula is C17H16BrN5OS. The average Bonchev–Trinajstić information content (AvgIpc) is 2.96. The first-order chi connectivity index (χ1) is 12.1. The lowest BCUT2D eigenvalue weighted by Gasteiger charge is -2.06. The third kappa shape index (κ3) is 4.21. The van der Waals surface area contributed by atoms with E-state index in [2.05, 4.69) is 31.6 Å².